The Labute approximate surface area is 98.0 Å². The Hall–Kier alpha value is -1.98. The van der Waals surface area contributed by atoms with Crippen LogP contribution in [0.25, 0.3) is 0 Å². The van der Waals surface area contributed by atoms with Gasteiger partial charge in [-0.15, -0.1) is 0 Å². The highest BCUT2D eigenvalue weighted by molar-refractivity contribution is 5.69. The average Bonchev–Trinajstić information content (AvgIpc) is 2.65. The minimum absolute atomic E-state index is 0.100. The van der Waals surface area contributed by atoms with Gasteiger partial charge >= 0.3 is 6.09 Å². The summed E-state index contributed by atoms with van der Waals surface area (Å²) in [5.41, 5.74) is 6.86. The van der Waals surface area contributed by atoms with Gasteiger partial charge < -0.3 is 21.1 Å². The lowest BCUT2D eigenvalue weighted by Crippen LogP contribution is -2.36. The van der Waals surface area contributed by atoms with Crippen LogP contribution in [0.3, 0.4) is 0 Å². The minimum atomic E-state index is -1.02. The number of nitrogens with zero attached hydrogens (tertiary/aromatic N) is 1. The van der Waals surface area contributed by atoms with E-state index in [1.54, 1.807) is 6.07 Å². The Bertz CT molecular complexity index is 439. The van der Waals surface area contributed by atoms with E-state index in [-0.39, 0.29) is 11.9 Å². The van der Waals surface area contributed by atoms with Gasteiger partial charge in [0.2, 0.25) is 0 Å². The van der Waals surface area contributed by atoms with Crippen LogP contribution in [0.4, 0.5) is 20.6 Å². The second-order valence-corrected chi connectivity index (χ2v) is 4.08. The molecule has 0 aliphatic carbocycles. The molecule has 1 amide bonds. The first kappa shape index (κ1) is 11.5. The van der Waals surface area contributed by atoms with Crippen molar-refractivity contribution in [3.05, 3.63) is 24.0 Å². The van der Waals surface area contributed by atoms with Crippen molar-refractivity contribution < 1.29 is 14.3 Å². The average molecular weight is 239 g/mol. The highest BCUT2D eigenvalue weighted by Gasteiger charge is 2.24. The molecule has 17 heavy (non-hydrogen) atoms. The van der Waals surface area contributed by atoms with E-state index in [4.69, 9.17) is 10.8 Å². The van der Waals surface area contributed by atoms with Gasteiger partial charge in [0, 0.05) is 13.1 Å². The van der Waals surface area contributed by atoms with E-state index in [0.29, 0.717) is 18.8 Å². The molecule has 1 saturated heterocycles. The fourth-order valence-electron chi connectivity index (χ4n) is 2.08. The van der Waals surface area contributed by atoms with Gasteiger partial charge in [-0.1, -0.05) is 0 Å². The lowest BCUT2D eigenvalue weighted by Gasteiger charge is -2.20. The summed E-state index contributed by atoms with van der Waals surface area (Å²) in [5, 5.41) is 11.1. The number of rotatable bonds is 2. The number of halogens is 1. The molecule has 5 nitrogen and oxygen atoms in total. The van der Waals surface area contributed by atoms with Crippen molar-refractivity contribution in [2.24, 2.45) is 0 Å². The highest BCUT2D eigenvalue weighted by Crippen LogP contribution is 2.27. The van der Waals surface area contributed by atoms with Gasteiger partial charge in [-0.2, -0.15) is 0 Å². The molecule has 6 heteroatoms. The number of benzene rings is 1. The van der Waals surface area contributed by atoms with Gasteiger partial charge in [0.05, 0.1) is 17.4 Å². The van der Waals surface area contributed by atoms with Gasteiger partial charge in [0.15, 0.2) is 0 Å². The summed E-state index contributed by atoms with van der Waals surface area (Å²) in [6.07, 6.45) is -0.299. The van der Waals surface area contributed by atoms with Crippen molar-refractivity contribution in [3.63, 3.8) is 0 Å². The van der Waals surface area contributed by atoms with E-state index >= 15 is 0 Å². The molecule has 2 rings (SSSR count). The van der Waals surface area contributed by atoms with Crippen LogP contribution in [0, 0.1) is 5.82 Å². The minimum Gasteiger partial charge on any atom is -0.465 e. The molecule has 0 aromatic heterocycles. The molecule has 1 aliphatic heterocycles. The van der Waals surface area contributed by atoms with Gasteiger partial charge in [-0.25, -0.2) is 9.18 Å². The number of nitrogen functional groups attached to an aromatic ring is 1. The van der Waals surface area contributed by atoms with Crippen LogP contribution >= 0.6 is 0 Å². The van der Waals surface area contributed by atoms with E-state index in [2.05, 4.69) is 5.32 Å². The number of nitrogens with two attached hydrogens (primary N) is 1. The van der Waals surface area contributed by atoms with Crippen molar-refractivity contribution in [3.8, 4) is 0 Å². The van der Waals surface area contributed by atoms with E-state index < -0.39 is 6.09 Å². The second kappa shape index (κ2) is 4.48. The molecular weight excluding hydrogens is 225 g/mol. The van der Waals surface area contributed by atoms with Crippen molar-refractivity contribution in [1.82, 2.24) is 5.32 Å². The summed E-state index contributed by atoms with van der Waals surface area (Å²) < 4.78 is 12.9. The third kappa shape index (κ3) is 2.58. The SMILES string of the molecule is Nc1cc(F)ccc1N1CCC(NC(=O)O)C1. The Balaban J connectivity index is 2.07. The summed E-state index contributed by atoms with van der Waals surface area (Å²) in [4.78, 5) is 12.5. The van der Waals surface area contributed by atoms with E-state index in [1.165, 1.54) is 12.1 Å². The quantitative estimate of drug-likeness (QED) is 0.679. The number of hydrogen-bond acceptors (Lipinski definition) is 3. The zero-order valence-corrected chi connectivity index (χ0v) is 9.19. The maximum atomic E-state index is 12.9. The zero-order chi connectivity index (χ0) is 12.4. The number of carboxylic acid groups (broad SMARTS) is 1. The Kier molecular flexibility index (Phi) is 3.03. The molecule has 4 N–H and O–H groups in total. The summed E-state index contributed by atoms with van der Waals surface area (Å²) in [6, 6.07) is 4.14. The smallest absolute Gasteiger partial charge is 0.404 e. The fraction of sp³-hybridized carbons (Fsp3) is 0.364. The number of carbonyl (C=O) groups is 1. The van der Waals surface area contributed by atoms with Crippen LogP contribution in [-0.2, 0) is 0 Å². The third-order valence-corrected chi connectivity index (χ3v) is 2.85. The van der Waals surface area contributed by atoms with E-state index in [9.17, 15) is 9.18 Å². The maximum Gasteiger partial charge on any atom is 0.404 e. The topological polar surface area (TPSA) is 78.6 Å². The van der Waals surface area contributed by atoms with Crippen LogP contribution in [0.5, 0.6) is 0 Å². The molecule has 1 aliphatic rings. The van der Waals surface area contributed by atoms with Crippen LogP contribution in [0.2, 0.25) is 0 Å². The molecular formula is C11H14FN3O2. The van der Waals surface area contributed by atoms with Crippen molar-refractivity contribution in [2.45, 2.75) is 12.5 Å². The summed E-state index contributed by atoms with van der Waals surface area (Å²) in [6.45, 7) is 1.27. The van der Waals surface area contributed by atoms with Crippen LogP contribution in [0.1, 0.15) is 6.42 Å². The van der Waals surface area contributed by atoms with Crippen LogP contribution in [0.15, 0.2) is 18.2 Å². The predicted molar refractivity (Wildman–Crippen MR) is 62.6 cm³/mol. The fourth-order valence-corrected chi connectivity index (χ4v) is 2.08. The molecule has 1 fully saturated rings. The molecule has 0 bridgehead atoms. The van der Waals surface area contributed by atoms with Crippen molar-refractivity contribution in [1.29, 1.82) is 0 Å². The summed E-state index contributed by atoms with van der Waals surface area (Å²) in [5.74, 6) is -0.370. The van der Waals surface area contributed by atoms with Crippen molar-refractivity contribution in [2.75, 3.05) is 23.7 Å². The van der Waals surface area contributed by atoms with Gasteiger partial charge in [-0.3, -0.25) is 0 Å². The normalized spacial score (nSPS) is 19.4. The number of anilines is 2. The predicted octanol–water partition coefficient (Wildman–Crippen LogP) is 1.25. The molecule has 0 spiro atoms. The number of hydrogen-bond donors (Lipinski definition) is 3. The molecule has 1 unspecified atom stereocenters. The van der Waals surface area contributed by atoms with Crippen LogP contribution < -0.4 is 16.0 Å². The van der Waals surface area contributed by atoms with E-state index in [1.807, 2.05) is 4.90 Å². The Morgan fingerprint density at radius 1 is 1.59 bits per heavy atom. The lowest BCUT2D eigenvalue weighted by molar-refractivity contribution is 0.191. The highest BCUT2D eigenvalue weighted by atomic mass is 19.1. The third-order valence-electron chi connectivity index (χ3n) is 2.85. The van der Waals surface area contributed by atoms with Gasteiger partial charge in [0.1, 0.15) is 5.82 Å². The van der Waals surface area contributed by atoms with Crippen LogP contribution in [-0.4, -0.2) is 30.3 Å². The molecule has 0 radical (unpaired) electrons. The van der Waals surface area contributed by atoms with Crippen molar-refractivity contribution >= 4 is 17.5 Å². The standard InChI is InChI=1S/C11H14FN3O2/c12-7-1-2-10(9(13)5-7)15-4-3-8(6-15)14-11(16)17/h1-2,5,8,14H,3-4,6,13H2,(H,16,17). The summed E-state index contributed by atoms with van der Waals surface area (Å²) >= 11 is 0. The largest absolute Gasteiger partial charge is 0.465 e. The zero-order valence-electron chi connectivity index (χ0n) is 9.19. The first-order valence-electron chi connectivity index (χ1n) is 5.35. The Morgan fingerprint density at radius 3 is 3.00 bits per heavy atom. The van der Waals surface area contributed by atoms with E-state index in [0.717, 1.165) is 12.1 Å². The van der Waals surface area contributed by atoms with Gasteiger partial charge in [0.25, 0.3) is 0 Å². The molecule has 1 aromatic carbocycles. The monoisotopic (exact) mass is 239 g/mol. The second-order valence-electron chi connectivity index (χ2n) is 4.08. The number of nitrogens with one attached hydrogen (secondary N) is 1. The maximum absolute atomic E-state index is 12.9. The lowest BCUT2D eigenvalue weighted by atomic mass is 10.2. The first-order valence-corrected chi connectivity index (χ1v) is 5.35. The molecule has 0 saturated carbocycles. The molecule has 1 aromatic rings. The Morgan fingerprint density at radius 2 is 2.35 bits per heavy atom. The summed E-state index contributed by atoms with van der Waals surface area (Å²) in [7, 11) is 0. The number of amides is 1. The van der Waals surface area contributed by atoms with Gasteiger partial charge in [-0.05, 0) is 24.6 Å². The molecule has 92 valence electrons. The molecule has 1 atom stereocenters. The first-order chi connectivity index (χ1) is 8.06. The molecule has 1 heterocycles.